The van der Waals surface area contributed by atoms with Gasteiger partial charge < -0.3 is 20.2 Å². The number of methoxy groups -OCH3 is 1. The lowest BCUT2D eigenvalue weighted by Gasteiger charge is -2.13. The molecule has 33 heavy (non-hydrogen) atoms. The van der Waals surface area contributed by atoms with E-state index in [0.717, 1.165) is 0 Å². The topological polar surface area (TPSA) is 97.7 Å². The molecule has 2 aromatic carbocycles. The molecule has 0 saturated heterocycles. The van der Waals surface area contributed by atoms with Crippen LogP contribution in [0.15, 0.2) is 54.0 Å². The highest BCUT2D eigenvalue weighted by atomic mass is 35.5. The van der Waals surface area contributed by atoms with Crippen molar-refractivity contribution in [3.63, 3.8) is 0 Å². The Morgan fingerprint density at radius 2 is 2.00 bits per heavy atom. The molecule has 0 aliphatic heterocycles. The van der Waals surface area contributed by atoms with Gasteiger partial charge in [0.05, 0.1) is 29.0 Å². The van der Waals surface area contributed by atoms with Gasteiger partial charge in [-0.1, -0.05) is 16.8 Å². The molecule has 0 radical (unpaired) electrons. The zero-order valence-corrected chi connectivity index (χ0v) is 19.3. The Hall–Kier alpha value is -3.72. The van der Waals surface area contributed by atoms with Crippen LogP contribution in [-0.4, -0.2) is 34.8 Å². The number of oxime groups is 1. The highest BCUT2D eigenvalue weighted by molar-refractivity contribution is 6.31. The van der Waals surface area contributed by atoms with Crippen LogP contribution in [-0.2, 0) is 9.63 Å². The molecular weight excluding hydrogens is 449 g/mol. The molecule has 8 nitrogen and oxygen atoms in total. The second-order valence-electron chi connectivity index (χ2n) is 7.26. The average Bonchev–Trinajstić information content (AvgIpc) is 2.78. The molecule has 3 aromatic rings. The van der Waals surface area contributed by atoms with E-state index in [4.69, 9.17) is 21.2 Å². The molecule has 172 valence electrons. The number of amides is 1. The fourth-order valence-electron chi connectivity index (χ4n) is 2.75. The monoisotopic (exact) mass is 471 g/mol. The second-order valence-corrected chi connectivity index (χ2v) is 7.66. The second kappa shape index (κ2) is 10.7. The number of hydrogen-bond donors (Lipinski definition) is 2. The third-order valence-corrected chi connectivity index (χ3v) is 4.57. The zero-order valence-electron chi connectivity index (χ0n) is 18.5. The SMILES string of the molecule is COc1cc2ncnc(Nc3ccc(F)c(Cl)c3)c2cc1NC(=O)/C=C/C(C)=N\OC(C)C. The average molecular weight is 472 g/mol. The number of fused-ring (bicyclic) bond motifs is 1. The normalized spacial score (nSPS) is 11.8. The summed E-state index contributed by atoms with van der Waals surface area (Å²) >= 11 is 5.87. The summed E-state index contributed by atoms with van der Waals surface area (Å²) in [5.74, 6) is -0.0329. The van der Waals surface area contributed by atoms with Gasteiger partial charge in [-0.3, -0.25) is 4.79 Å². The summed E-state index contributed by atoms with van der Waals surface area (Å²) in [4.78, 5) is 26.1. The van der Waals surface area contributed by atoms with Crippen molar-refractivity contribution in [1.29, 1.82) is 0 Å². The number of carbonyl (C=O) groups is 1. The van der Waals surface area contributed by atoms with Crippen molar-refractivity contribution in [3.05, 3.63) is 59.7 Å². The molecule has 0 fully saturated rings. The van der Waals surface area contributed by atoms with E-state index in [2.05, 4.69) is 25.8 Å². The van der Waals surface area contributed by atoms with Gasteiger partial charge in [-0.2, -0.15) is 0 Å². The number of anilines is 3. The molecule has 0 bridgehead atoms. The minimum absolute atomic E-state index is 0.0163. The number of nitrogens with zero attached hydrogens (tertiary/aromatic N) is 3. The van der Waals surface area contributed by atoms with Crippen molar-refractivity contribution in [1.82, 2.24) is 9.97 Å². The van der Waals surface area contributed by atoms with Crippen LogP contribution in [0.4, 0.5) is 21.6 Å². The van der Waals surface area contributed by atoms with Gasteiger partial charge >= 0.3 is 0 Å². The summed E-state index contributed by atoms with van der Waals surface area (Å²) < 4.78 is 18.9. The summed E-state index contributed by atoms with van der Waals surface area (Å²) in [6, 6.07) is 7.62. The number of benzene rings is 2. The van der Waals surface area contributed by atoms with Crippen LogP contribution in [0, 0.1) is 5.82 Å². The predicted molar refractivity (Wildman–Crippen MR) is 128 cm³/mol. The Bertz CT molecular complexity index is 1230. The van der Waals surface area contributed by atoms with E-state index < -0.39 is 5.82 Å². The van der Waals surface area contributed by atoms with Crippen LogP contribution in [0.25, 0.3) is 10.9 Å². The van der Waals surface area contributed by atoms with Crippen molar-refractivity contribution in [3.8, 4) is 5.75 Å². The van der Waals surface area contributed by atoms with Gasteiger partial charge in [0.2, 0.25) is 5.91 Å². The third kappa shape index (κ3) is 6.39. The number of rotatable bonds is 8. The molecule has 0 aliphatic carbocycles. The Labute approximate surface area is 195 Å². The van der Waals surface area contributed by atoms with Crippen molar-refractivity contribution < 1.29 is 18.8 Å². The van der Waals surface area contributed by atoms with Gasteiger partial charge in [0.25, 0.3) is 0 Å². The smallest absolute Gasteiger partial charge is 0.248 e. The summed E-state index contributed by atoms with van der Waals surface area (Å²) in [6.45, 7) is 5.44. The summed E-state index contributed by atoms with van der Waals surface area (Å²) in [6.07, 6.45) is 4.21. The van der Waals surface area contributed by atoms with Gasteiger partial charge in [0.1, 0.15) is 29.8 Å². The largest absolute Gasteiger partial charge is 0.494 e. The maximum atomic E-state index is 13.5. The summed E-state index contributed by atoms with van der Waals surface area (Å²) in [5.41, 5.74) is 2.09. The van der Waals surface area contributed by atoms with Crippen molar-refractivity contribution >= 4 is 51.3 Å². The van der Waals surface area contributed by atoms with E-state index >= 15 is 0 Å². The summed E-state index contributed by atoms with van der Waals surface area (Å²) in [7, 11) is 1.49. The minimum atomic E-state index is -0.520. The molecule has 0 saturated carbocycles. The first-order valence-corrected chi connectivity index (χ1v) is 10.4. The van der Waals surface area contributed by atoms with E-state index in [-0.39, 0.29) is 17.0 Å². The number of aromatic nitrogens is 2. The number of ether oxygens (including phenoxy) is 1. The number of halogens is 2. The molecule has 0 atom stereocenters. The van der Waals surface area contributed by atoms with Gasteiger partial charge in [-0.05, 0) is 51.1 Å². The van der Waals surface area contributed by atoms with E-state index in [0.29, 0.717) is 39.6 Å². The van der Waals surface area contributed by atoms with Gasteiger partial charge in [-0.25, -0.2) is 14.4 Å². The highest BCUT2D eigenvalue weighted by Crippen LogP contribution is 2.33. The Balaban J connectivity index is 1.88. The first-order valence-electron chi connectivity index (χ1n) is 10.0. The van der Waals surface area contributed by atoms with Gasteiger partial charge in [0.15, 0.2) is 0 Å². The van der Waals surface area contributed by atoms with Crippen LogP contribution < -0.4 is 15.4 Å². The van der Waals surface area contributed by atoms with E-state index in [9.17, 15) is 9.18 Å². The lowest BCUT2D eigenvalue weighted by Crippen LogP contribution is -2.10. The zero-order chi connectivity index (χ0) is 24.0. The van der Waals surface area contributed by atoms with Crippen LogP contribution in [0.1, 0.15) is 20.8 Å². The summed E-state index contributed by atoms with van der Waals surface area (Å²) in [5, 5.41) is 10.4. The standard InChI is InChI=1S/C23H23ClFN5O3/c1-13(2)33-30-14(3)5-8-22(31)29-20-10-16-19(11-21(20)32-4)26-12-27-23(16)28-15-6-7-18(25)17(24)9-15/h5-13H,1-4H3,(H,29,31)(H,26,27,28)/b8-5+,30-14-. The molecule has 0 spiro atoms. The number of hydrogen-bond acceptors (Lipinski definition) is 7. The third-order valence-electron chi connectivity index (χ3n) is 4.28. The number of allylic oxidation sites excluding steroid dienone is 1. The quantitative estimate of drug-likeness (QED) is 0.257. The predicted octanol–water partition coefficient (Wildman–Crippen LogP) is 5.47. The van der Waals surface area contributed by atoms with E-state index in [1.165, 1.54) is 31.6 Å². The lowest BCUT2D eigenvalue weighted by molar-refractivity contribution is -0.111. The van der Waals surface area contributed by atoms with Crippen molar-refractivity contribution in [2.75, 3.05) is 17.7 Å². The van der Waals surface area contributed by atoms with Crippen LogP contribution in [0.5, 0.6) is 5.75 Å². The Morgan fingerprint density at radius 3 is 2.70 bits per heavy atom. The highest BCUT2D eigenvalue weighted by Gasteiger charge is 2.13. The Morgan fingerprint density at radius 1 is 1.21 bits per heavy atom. The first-order chi connectivity index (χ1) is 15.8. The van der Waals surface area contributed by atoms with Crippen molar-refractivity contribution in [2.45, 2.75) is 26.9 Å². The molecule has 1 aromatic heterocycles. The van der Waals surface area contributed by atoms with E-state index in [1.807, 2.05) is 13.8 Å². The fraction of sp³-hybridized carbons (Fsp3) is 0.217. The van der Waals surface area contributed by atoms with E-state index in [1.54, 1.807) is 31.2 Å². The molecule has 1 heterocycles. The molecular formula is C23H23ClFN5O3. The minimum Gasteiger partial charge on any atom is -0.494 e. The molecule has 10 heteroatoms. The molecule has 0 aliphatic rings. The molecule has 3 rings (SSSR count). The Kier molecular flexibility index (Phi) is 7.78. The maximum Gasteiger partial charge on any atom is 0.248 e. The molecule has 0 unspecified atom stereocenters. The van der Waals surface area contributed by atoms with Crippen LogP contribution >= 0.6 is 11.6 Å². The molecule has 2 N–H and O–H groups in total. The van der Waals surface area contributed by atoms with Crippen LogP contribution in [0.3, 0.4) is 0 Å². The van der Waals surface area contributed by atoms with Crippen molar-refractivity contribution in [2.24, 2.45) is 5.16 Å². The number of nitrogens with one attached hydrogen (secondary N) is 2. The van der Waals surface area contributed by atoms with Gasteiger partial charge in [0, 0.05) is 23.2 Å². The van der Waals surface area contributed by atoms with Crippen LogP contribution in [0.2, 0.25) is 5.02 Å². The molecule has 1 amide bonds. The number of carbonyl (C=O) groups excluding carboxylic acids is 1. The fourth-order valence-corrected chi connectivity index (χ4v) is 2.93. The van der Waals surface area contributed by atoms with Gasteiger partial charge in [-0.15, -0.1) is 0 Å². The maximum absolute atomic E-state index is 13.5. The lowest BCUT2D eigenvalue weighted by atomic mass is 10.1. The first kappa shape index (κ1) is 23.9.